The van der Waals surface area contributed by atoms with Crippen LogP contribution in [-0.4, -0.2) is 19.7 Å². The van der Waals surface area contributed by atoms with Gasteiger partial charge < -0.3 is 5.11 Å². The Hall–Kier alpha value is -1.58. The standard InChI is InChI=1S/C6H5N3O/c10-5-1-2-6-7-4-8-9(6)3-5/h1-4,10H. The molecular formula is C6H5N3O. The molecule has 2 aromatic heterocycles. The summed E-state index contributed by atoms with van der Waals surface area (Å²) >= 11 is 0. The van der Waals surface area contributed by atoms with Crippen molar-refractivity contribution in [1.29, 1.82) is 0 Å². The Labute approximate surface area is 56.8 Å². The van der Waals surface area contributed by atoms with Crippen LogP contribution in [0, 0.1) is 0 Å². The molecule has 2 rings (SSSR count). The molecule has 0 saturated carbocycles. The zero-order valence-electron chi connectivity index (χ0n) is 5.10. The summed E-state index contributed by atoms with van der Waals surface area (Å²) in [6.07, 6.45) is 2.94. The number of fused-ring (bicyclic) bond motifs is 1. The maximum absolute atomic E-state index is 8.96. The van der Waals surface area contributed by atoms with E-state index in [-0.39, 0.29) is 5.75 Å². The van der Waals surface area contributed by atoms with E-state index in [9.17, 15) is 0 Å². The van der Waals surface area contributed by atoms with Crippen LogP contribution in [0.25, 0.3) is 5.65 Å². The normalized spacial score (nSPS) is 10.4. The number of aromatic hydroxyl groups is 1. The fourth-order valence-electron chi connectivity index (χ4n) is 0.806. The highest BCUT2D eigenvalue weighted by atomic mass is 16.3. The number of pyridine rings is 1. The number of hydrogen-bond acceptors (Lipinski definition) is 3. The third-order valence-corrected chi connectivity index (χ3v) is 1.26. The Morgan fingerprint density at radius 1 is 1.40 bits per heavy atom. The third kappa shape index (κ3) is 0.621. The summed E-state index contributed by atoms with van der Waals surface area (Å²) in [5, 5.41) is 12.8. The zero-order chi connectivity index (χ0) is 6.97. The van der Waals surface area contributed by atoms with Gasteiger partial charge in [-0.25, -0.2) is 9.50 Å². The van der Waals surface area contributed by atoms with Crippen molar-refractivity contribution in [2.75, 3.05) is 0 Å². The molecule has 0 aliphatic carbocycles. The van der Waals surface area contributed by atoms with Crippen molar-refractivity contribution in [3.05, 3.63) is 24.7 Å². The molecule has 0 saturated heterocycles. The van der Waals surface area contributed by atoms with Gasteiger partial charge in [-0.05, 0) is 12.1 Å². The van der Waals surface area contributed by atoms with Crippen LogP contribution in [0.5, 0.6) is 5.75 Å². The smallest absolute Gasteiger partial charge is 0.155 e. The largest absolute Gasteiger partial charge is 0.506 e. The molecule has 2 aromatic rings. The Kier molecular flexibility index (Phi) is 0.887. The van der Waals surface area contributed by atoms with E-state index in [1.807, 2.05) is 0 Å². The number of rotatable bonds is 0. The fourth-order valence-corrected chi connectivity index (χ4v) is 0.806. The van der Waals surface area contributed by atoms with E-state index in [0.29, 0.717) is 0 Å². The van der Waals surface area contributed by atoms with E-state index in [0.717, 1.165) is 5.65 Å². The van der Waals surface area contributed by atoms with Gasteiger partial charge in [-0.3, -0.25) is 0 Å². The van der Waals surface area contributed by atoms with Gasteiger partial charge in [0.2, 0.25) is 0 Å². The lowest BCUT2D eigenvalue weighted by Crippen LogP contribution is -1.83. The second-order valence-electron chi connectivity index (χ2n) is 1.95. The molecule has 0 atom stereocenters. The van der Waals surface area contributed by atoms with Gasteiger partial charge in [0.05, 0.1) is 6.20 Å². The molecule has 0 unspecified atom stereocenters. The average molecular weight is 135 g/mol. The van der Waals surface area contributed by atoms with Crippen LogP contribution in [0.1, 0.15) is 0 Å². The Balaban J connectivity index is 2.86. The number of aromatic nitrogens is 3. The van der Waals surface area contributed by atoms with E-state index in [1.165, 1.54) is 17.0 Å². The number of hydrogen-bond donors (Lipinski definition) is 1. The topological polar surface area (TPSA) is 50.4 Å². The van der Waals surface area contributed by atoms with Crippen molar-refractivity contribution in [2.24, 2.45) is 0 Å². The summed E-state index contributed by atoms with van der Waals surface area (Å²) in [6, 6.07) is 3.27. The first-order chi connectivity index (χ1) is 4.86. The van der Waals surface area contributed by atoms with Crippen molar-refractivity contribution in [3.8, 4) is 5.75 Å². The van der Waals surface area contributed by atoms with Crippen molar-refractivity contribution in [1.82, 2.24) is 14.6 Å². The van der Waals surface area contributed by atoms with Crippen LogP contribution in [0.3, 0.4) is 0 Å². The first-order valence-corrected chi connectivity index (χ1v) is 2.84. The van der Waals surface area contributed by atoms with Gasteiger partial charge in [-0.1, -0.05) is 0 Å². The minimum atomic E-state index is 0.193. The van der Waals surface area contributed by atoms with Gasteiger partial charge in [0.15, 0.2) is 5.65 Å². The summed E-state index contributed by atoms with van der Waals surface area (Å²) in [4.78, 5) is 3.90. The molecule has 50 valence electrons. The minimum Gasteiger partial charge on any atom is -0.506 e. The third-order valence-electron chi connectivity index (χ3n) is 1.26. The lowest BCUT2D eigenvalue weighted by Gasteiger charge is -1.90. The van der Waals surface area contributed by atoms with Crippen LogP contribution >= 0.6 is 0 Å². The van der Waals surface area contributed by atoms with Crippen molar-refractivity contribution in [3.63, 3.8) is 0 Å². The molecule has 0 aliphatic rings. The van der Waals surface area contributed by atoms with Gasteiger partial charge >= 0.3 is 0 Å². The van der Waals surface area contributed by atoms with Gasteiger partial charge in [0, 0.05) is 0 Å². The first kappa shape index (κ1) is 5.22. The predicted octanol–water partition coefficient (Wildman–Crippen LogP) is 0.435. The maximum Gasteiger partial charge on any atom is 0.155 e. The van der Waals surface area contributed by atoms with Crippen molar-refractivity contribution in [2.45, 2.75) is 0 Å². The lowest BCUT2D eigenvalue weighted by atomic mass is 10.4. The van der Waals surface area contributed by atoms with E-state index < -0.39 is 0 Å². The average Bonchev–Trinajstić information content (AvgIpc) is 2.33. The van der Waals surface area contributed by atoms with Gasteiger partial charge in [0.25, 0.3) is 0 Å². The van der Waals surface area contributed by atoms with Crippen LogP contribution in [0.2, 0.25) is 0 Å². The second kappa shape index (κ2) is 1.70. The van der Waals surface area contributed by atoms with Crippen molar-refractivity contribution >= 4 is 5.65 Å². The quantitative estimate of drug-likeness (QED) is 0.570. The van der Waals surface area contributed by atoms with Gasteiger partial charge in [-0.2, -0.15) is 5.10 Å². The van der Waals surface area contributed by atoms with Crippen LogP contribution < -0.4 is 0 Å². The fraction of sp³-hybridized carbons (Fsp3) is 0. The Morgan fingerprint density at radius 2 is 2.30 bits per heavy atom. The molecule has 1 N–H and O–H groups in total. The molecule has 0 aromatic carbocycles. The summed E-state index contributed by atoms with van der Waals surface area (Å²) in [5.74, 6) is 0.193. The van der Waals surface area contributed by atoms with E-state index in [4.69, 9.17) is 5.11 Å². The molecule has 0 fully saturated rings. The molecule has 10 heavy (non-hydrogen) atoms. The highest BCUT2D eigenvalue weighted by Crippen LogP contribution is 2.07. The van der Waals surface area contributed by atoms with Crippen LogP contribution in [0.4, 0.5) is 0 Å². The summed E-state index contributed by atoms with van der Waals surface area (Å²) in [7, 11) is 0. The summed E-state index contributed by atoms with van der Waals surface area (Å²) < 4.78 is 1.51. The Morgan fingerprint density at radius 3 is 3.20 bits per heavy atom. The van der Waals surface area contributed by atoms with E-state index in [1.54, 1.807) is 12.1 Å². The molecule has 0 radical (unpaired) electrons. The molecule has 4 nitrogen and oxygen atoms in total. The molecule has 0 amide bonds. The SMILES string of the molecule is Oc1ccc2ncnn2c1. The zero-order valence-corrected chi connectivity index (χ0v) is 5.10. The second-order valence-corrected chi connectivity index (χ2v) is 1.95. The lowest BCUT2D eigenvalue weighted by molar-refractivity contribution is 0.470. The monoisotopic (exact) mass is 135 g/mol. The van der Waals surface area contributed by atoms with Gasteiger partial charge in [-0.15, -0.1) is 0 Å². The summed E-state index contributed by atoms with van der Waals surface area (Å²) in [6.45, 7) is 0. The van der Waals surface area contributed by atoms with Crippen molar-refractivity contribution < 1.29 is 5.11 Å². The first-order valence-electron chi connectivity index (χ1n) is 2.84. The minimum absolute atomic E-state index is 0.193. The highest BCUT2D eigenvalue weighted by molar-refractivity contribution is 5.38. The Bertz CT molecular complexity index is 355. The summed E-state index contributed by atoms with van der Waals surface area (Å²) in [5.41, 5.74) is 0.734. The predicted molar refractivity (Wildman–Crippen MR) is 34.7 cm³/mol. The van der Waals surface area contributed by atoms with E-state index >= 15 is 0 Å². The van der Waals surface area contributed by atoms with Crippen LogP contribution in [-0.2, 0) is 0 Å². The molecule has 0 spiro atoms. The molecule has 4 heteroatoms. The van der Waals surface area contributed by atoms with Crippen LogP contribution in [0.15, 0.2) is 24.7 Å². The number of nitrogens with zero attached hydrogens (tertiary/aromatic N) is 3. The maximum atomic E-state index is 8.96. The highest BCUT2D eigenvalue weighted by Gasteiger charge is 1.93. The van der Waals surface area contributed by atoms with Gasteiger partial charge in [0.1, 0.15) is 12.1 Å². The molecule has 0 bridgehead atoms. The molecule has 2 heterocycles. The van der Waals surface area contributed by atoms with E-state index in [2.05, 4.69) is 10.1 Å². The molecule has 0 aliphatic heterocycles. The molecular weight excluding hydrogens is 130 g/mol.